The van der Waals surface area contributed by atoms with Crippen LogP contribution in [0.2, 0.25) is 0 Å². The van der Waals surface area contributed by atoms with Gasteiger partial charge in [0.15, 0.2) is 0 Å². The molecule has 0 aromatic rings. The van der Waals surface area contributed by atoms with Crippen molar-refractivity contribution in [2.24, 2.45) is 0 Å². The summed E-state index contributed by atoms with van der Waals surface area (Å²) in [7, 11) is 0. The topological polar surface area (TPSA) is 96.2 Å². The lowest BCUT2D eigenvalue weighted by molar-refractivity contribution is -0.267. The van der Waals surface area contributed by atoms with Crippen molar-refractivity contribution in [2.75, 3.05) is 0 Å². The summed E-state index contributed by atoms with van der Waals surface area (Å²) in [6.07, 6.45) is 19.8. The normalized spacial score (nSPS) is 14.9. The molecular formula is C20H32O6. The summed E-state index contributed by atoms with van der Waals surface area (Å²) in [5.74, 6) is -0.857. The number of unbranched alkanes of at least 4 members (excludes halogenated alkanes) is 2. The molecule has 0 saturated carbocycles. The number of hydrogen-bond donors (Lipinski definition) is 3. The van der Waals surface area contributed by atoms with Crippen LogP contribution in [0.1, 0.15) is 58.3 Å². The van der Waals surface area contributed by atoms with Gasteiger partial charge in [0, 0.05) is 6.42 Å². The monoisotopic (exact) mass is 368 g/mol. The second kappa shape index (κ2) is 18.1. The van der Waals surface area contributed by atoms with E-state index in [9.17, 15) is 4.79 Å². The quantitative estimate of drug-likeness (QED) is 0.151. The summed E-state index contributed by atoms with van der Waals surface area (Å²) in [6, 6.07) is 0. The first-order chi connectivity index (χ1) is 12.6. The average molecular weight is 368 g/mol. The highest BCUT2D eigenvalue weighted by atomic mass is 17.1. The van der Waals surface area contributed by atoms with Crippen LogP contribution in [-0.4, -0.2) is 33.8 Å². The van der Waals surface area contributed by atoms with E-state index in [-0.39, 0.29) is 12.5 Å². The number of carboxylic acid groups (broad SMARTS) is 1. The van der Waals surface area contributed by atoms with Crippen LogP contribution in [0.5, 0.6) is 0 Å². The summed E-state index contributed by atoms with van der Waals surface area (Å²) >= 11 is 0. The van der Waals surface area contributed by atoms with Crippen LogP contribution in [0, 0.1) is 0 Å². The molecule has 0 bridgehead atoms. The van der Waals surface area contributed by atoms with Crippen molar-refractivity contribution in [2.45, 2.75) is 70.5 Å². The fourth-order valence-corrected chi connectivity index (χ4v) is 2.19. The highest BCUT2D eigenvalue weighted by Crippen LogP contribution is 2.07. The molecule has 0 aromatic carbocycles. The van der Waals surface area contributed by atoms with E-state index in [4.69, 9.17) is 15.6 Å². The Labute approximate surface area is 156 Å². The first-order valence-corrected chi connectivity index (χ1v) is 9.12. The number of allylic oxidation sites excluding steroid dienone is 6. The Kier molecular flexibility index (Phi) is 16.9. The summed E-state index contributed by atoms with van der Waals surface area (Å²) in [5, 5.41) is 26.1. The number of hydrogen-bond acceptors (Lipinski definition) is 5. The molecular weight excluding hydrogens is 336 g/mol. The van der Waals surface area contributed by atoms with Gasteiger partial charge in [-0.05, 0) is 25.7 Å². The van der Waals surface area contributed by atoms with E-state index < -0.39 is 12.1 Å². The minimum absolute atomic E-state index is 0.0582. The van der Waals surface area contributed by atoms with Crippen LogP contribution >= 0.6 is 0 Å². The van der Waals surface area contributed by atoms with E-state index in [1.807, 2.05) is 36.5 Å². The first kappa shape index (κ1) is 24.3. The second-order valence-corrected chi connectivity index (χ2v) is 5.93. The molecule has 26 heavy (non-hydrogen) atoms. The molecule has 0 fully saturated rings. The number of carbonyl (C=O) groups is 1. The summed E-state index contributed by atoms with van der Waals surface area (Å²) in [5.41, 5.74) is 0. The molecule has 0 amide bonds. The van der Waals surface area contributed by atoms with Gasteiger partial charge < -0.3 is 5.11 Å². The molecule has 0 aromatic heterocycles. The Morgan fingerprint density at radius 3 is 1.88 bits per heavy atom. The van der Waals surface area contributed by atoms with Crippen molar-refractivity contribution in [3.63, 3.8) is 0 Å². The van der Waals surface area contributed by atoms with E-state index in [0.717, 1.165) is 32.1 Å². The van der Waals surface area contributed by atoms with E-state index in [1.165, 1.54) is 0 Å². The van der Waals surface area contributed by atoms with Crippen LogP contribution in [0.15, 0.2) is 48.6 Å². The van der Waals surface area contributed by atoms with Gasteiger partial charge in [-0.3, -0.25) is 15.3 Å². The Morgan fingerprint density at radius 1 is 0.885 bits per heavy atom. The molecule has 0 heterocycles. The van der Waals surface area contributed by atoms with E-state index in [1.54, 1.807) is 12.2 Å². The van der Waals surface area contributed by atoms with Crippen molar-refractivity contribution >= 4 is 5.97 Å². The Bertz CT molecular complexity index is 453. The zero-order valence-corrected chi connectivity index (χ0v) is 15.5. The fourth-order valence-electron chi connectivity index (χ4n) is 2.19. The third-order valence-corrected chi connectivity index (χ3v) is 3.66. The maximum Gasteiger partial charge on any atom is 0.303 e. The lowest BCUT2D eigenvalue weighted by Crippen LogP contribution is -2.08. The van der Waals surface area contributed by atoms with Crippen molar-refractivity contribution in [3.8, 4) is 0 Å². The minimum atomic E-state index is -0.857. The van der Waals surface area contributed by atoms with Crippen LogP contribution < -0.4 is 0 Å². The third-order valence-electron chi connectivity index (χ3n) is 3.66. The molecule has 3 N–H and O–H groups in total. The van der Waals surface area contributed by atoms with Crippen molar-refractivity contribution in [1.82, 2.24) is 0 Å². The maximum absolute atomic E-state index is 10.4. The SMILES string of the molecule is CCCCC[C@@H](C=CC=CCC=CC=C[C@H](CCCC(=O)O)OO)OO. The molecule has 0 aliphatic rings. The third kappa shape index (κ3) is 15.8. The molecule has 0 saturated heterocycles. The molecule has 0 aliphatic carbocycles. The van der Waals surface area contributed by atoms with Gasteiger partial charge in [-0.25, -0.2) is 9.78 Å². The second-order valence-electron chi connectivity index (χ2n) is 5.93. The van der Waals surface area contributed by atoms with Gasteiger partial charge in [-0.2, -0.15) is 0 Å². The molecule has 0 unspecified atom stereocenters. The van der Waals surface area contributed by atoms with E-state index in [0.29, 0.717) is 12.8 Å². The van der Waals surface area contributed by atoms with Gasteiger partial charge in [0.1, 0.15) is 12.2 Å². The maximum atomic E-state index is 10.4. The Balaban J connectivity index is 3.99. The Hall–Kier alpha value is -1.73. The molecule has 0 rings (SSSR count). The van der Waals surface area contributed by atoms with Gasteiger partial charge in [0.05, 0.1) is 0 Å². The van der Waals surface area contributed by atoms with Gasteiger partial charge in [0.2, 0.25) is 0 Å². The molecule has 6 nitrogen and oxygen atoms in total. The lowest BCUT2D eigenvalue weighted by atomic mass is 10.1. The Morgan fingerprint density at radius 2 is 1.42 bits per heavy atom. The molecule has 0 spiro atoms. The summed E-state index contributed by atoms with van der Waals surface area (Å²) < 4.78 is 0. The van der Waals surface area contributed by atoms with E-state index >= 15 is 0 Å². The van der Waals surface area contributed by atoms with Crippen LogP contribution in [0.3, 0.4) is 0 Å². The predicted molar refractivity (Wildman–Crippen MR) is 102 cm³/mol. The smallest absolute Gasteiger partial charge is 0.303 e. The predicted octanol–water partition coefficient (Wildman–Crippen LogP) is 5.15. The highest BCUT2D eigenvalue weighted by molar-refractivity contribution is 5.66. The number of aliphatic carboxylic acids is 1. The van der Waals surface area contributed by atoms with Crippen molar-refractivity contribution in [3.05, 3.63) is 48.6 Å². The molecule has 148 valence electrons. The summed E-state index contributed by atoms with van der Waals surface area (Å²) in [6.45, 7) is 2.13. The van der Waals surface area contributed by atoms with Gasteiger partial charge in [-0.15, -0.1) is 0 Å². The molecule has 0 radical (unpaired) electrons. The van der Waals surface area contributed by atoms with Crippen LogP contribution in [0.4, 0.5) is 0 Å². The standard InChI is InChI=1S/C20H32O6/c1-2-3-9-13-18(25-23)14-10-7-5-4-6-8-11-15-19(26-24)16-12-17-20(21)22/h5-8,10-11,14-15,18-19,23-24H,2-4,9,12-13,16-17H2,1H3,(H,21,22)/t18-,19+/m0/s1. The fraction of sp³-hybridized carbons (Fsp3) is 0.550. The molecule has 0 aliphatic heterocycles. The van der Waals surface area contributed by atoms with Crippen molar-refractivity contribution < 1.29 is 30.2 Å². The first-order valence-electron chi connectivity index (χ1n) is 9.12. The highest BCUT2D eigenvalue weighted by Gasteiger charge is 2.05. The van der Waals surface area contributed by atoms with Gasteiger partial charge >= 0.3 is 5.97 Å². The van der Waals surface area contributed by atoms with Gasteiger partial charge in [-0.1, -0.05) is 74.8 Å². The van der Waals surface area contributed by atoms with E-state index in [2.05, 4.69) is 16.7 Å². The average Bonchev–Trinajstić information content (AvgIpc) is 2.63. The number of carboxylic acids is 1. The largest absolute Gasteiger partial charge is 0.481 e. The van der Waals surface area contributed by atoms with Crippen LogP contribution in [-0.2, 0) is 14.6 Å². The van der Waals surface area contributed by atoms with Crippen LogP contribution in [0.25, 0.3) is 0 Å². The number of rotatable bonds is 16. The van der Waals surface area contributed by atoms with Crippen molar-refractivity contribution in [1.29, 1.82) is 0 Å². The zero-order chi connectivity index (χ0) is 19.5. The molecule has 2 atom stereocenters. The molecule has 6 heteroatoms. The van der Waals surface area contributed by atoms with Gasteiger partial charge in [0.25, 0.3) is 0 Å². The zero-order valence-electron chi connectivity index (χ0n) is 15.5. The minimum Gasteiger partial charge on any atom is -0.481 e. The summed E-state index contributed by atoms with van der Waals surface area (Å²) in [4.78, 5) is 19.1. The lowest BCUT2D eigenvalue weighted by Gasteiger charge is -2.07.